The van der Waals surface area contributed by atoms with Gasteiger partial charge in [-0.3, -0.25) is 9.78 Å². The van der Waals surface area contributed by atoms with Gasteiger partial charge in [-0.2, -0.15) is 5.10 Å². The molecule has 1 amide bonds. The number of aromatic nitrogens is 3. The van der Waals surface area contributed by atoms with Gasteiger partial charge in [-0.05, 0) is 50.1 Å². The zero-order chi connectivity index (χ0) is 24.1. The molecule has 0 N–H and O–H groups in total. The summed E-state index contributed by atoms with van der Waals surface area (Å²) in [6.07, 6.45) is 9.98. The molecule has 1 aliphatic heterocycles. The van der Waals surface area contributed by atoms with E-state index in [1.807, 2.05) is 48.7 Å². The molecule has 0 spiro atoms. The van der Waals surface area contributed by atoms with Crippen molar-refractivity contribution in [1.29, 1.82) is 0 Å². The molecule has 0 saturated carbocycles. The fourth-order valence-electron chi connectivity index (χ4n) is 4.10. The van der Waals surface area contributed by atoms with E-state index in [0.717, 1.165) is 22.5 Å². The van der Waals surface area contributed by atoms with Crippen LogP contribution >= 0.6 is 0 Å². The van der Waals surface area contributed by atoms with Gasteiger partial charge in [0, 0.05) is 62.0 Å². The smallest absolute Gasteiger partial charge is 0.246 e. The molecule has 34 heavy (non-hydrogen) atoms. The van der Waals surface area contributed by atoms with Gasteiger partial charge in [0.25, 0.3) is 0 Å². The molecule has 2 aromatic heterocycles. The average molecular weight is 480 g/mol. The summed E-state index contributed by atoms with van der Waals surface area (Å²) in [5, 5.41) is 4.74. The van der Waals surface area contributed by atoms with Crippen molar-refractivity contribution in [3.05, 3.63) is 72.7 Å². The number of benzene rings is 1. The predicted molar refractivity (Wildman–Crippen MR) is 133 cm³/mol. The lowest BCUT2D eigenvalue weighted by molar-refractivity contribution is -0.127. The summed E-state index contributed by atoms with van der Waals surface area (Å²) in [6.45, 7) is 2.70. The quantitative estimate of drug-likeness (QED) is 0.486. The minimum atomic E-state index is -3.23. The maximum Gasteiger partial charge on any atom is 0.246 e. The Kier molecular flexibility index (Phi) is 7.23. The third-order valence-corrected chi connectivity index (χ3v) is 8.10. The van der Waals surface area contributed by atoms with E-state index in [-0.39, 0.29) is 17.7 Å². The largest absolute Gasteiger partial charge is 0.339 e. The number of carbonyl (C=O) groups is 1. The summed E-state index contributed by atoms with van der Waals surface area (Å²) in [4.78, 5) is 18.9. The maximum atomic E-state index is 12.9. The van der Waals surface area contributed by atoms with Crippen LogP contribution in [0.1, 0.15) is 25.3 Å². The van der Waals surface area contributed by atoms with Gasteiger partial charge < -0.3 is 4.90 Å². The standard InChI is InChI=1S/C25H29N5O3S/c1-3-34(32,33)28(2)22-13-16-29(17-14-22)24(31)12-11-21-19-30(23-9-5-4-6-10-23)27-25(21)20-8-7-15-26-18-20/h4-12,15,18-19,22H,3,13-14,16-17H2,1-2H3/b12-11+. The van der Waals surface area contributed by atoms with Crippen molar-refractivity contribution in [2.24, 2.45) is 0 Å². The molecule has 4 rings (SSSR count). The number of hydrogen-bond acceptors (Lipinski definition) is 5. The number of sulfonamides is 1. The molecule has 0 aliphatic carbocycles. The van der Waals surface area contributed by atoms with Crippen LogP contribution in [0.3, 0.4) is 0 Å². The Labute approximate surface area is 200 Å². The minimum Gasteiger partial charge on any atom is -0.339 e. The van der Waals surface area contributed by atoms with Crippen LogP contribution in [0.15, 0.2) is 67.1 Å². The Hall–Kier alpha value is -3.30. The molecule has 3 aromatic rings. The van der Waals surface area contributed by atoms with Crippen LogP contribution in [0.2, 0.25) is 0 Å². The molecule has 1 saturated heterocycles. The van der Waals surface area contributed by atoms with Crippen LogP contribution in [-0.2, 0) is 14.8 Å². The molecular weight excluding hydrogens is 450 g/mol. The fourth-order valence-corrected chi connectivity index (χ4v) is 5.17. The number of amides is 1. The van der Waals surface area contributed by atoms with Crippen molar-refractivity contribution in [2.45, 2.75) is 25.8 Å². The molecule has 0 radical (unpaired) electrons. The van der Waals surface area contributed by atoms with Crippen molar-refractivity contribution in [2.75, 3.05) is 25.9 Å². The minimum absolute atomic E-state index is 0.0701. The first-order chi connectivity index (χ1) is 16.4. The lowest BCUT2D eigenvalue weighted by Gasteiger charge is -2.35. The number of likely N-dealkylation sites (tertiary alicyclic amines) is 1. The van der Waals surface area contributed by atoms with E-state index < -0.39 is 10.0 Å². The second kappa shape index (κ2) is 10.3. The van der Waals surface area contributed by atoms with E-state index in [2.05, 4.69) is 4.98 Å². The molecule has 8 nitrogen and oxygen atoms in total. The Morgan fingerprint density at radius 1 is 1.15 bits per heavy atom. The van der Waals surface area contributed by atoms with Gasteiger partial charge in [-0.15, -0.1) is 0 Å². The molecule has 1 aromatic carbocycles. The summed E-state index contributed by atoms with van der Waals surface area (Å²) < 4.78 is 27.6. The van der Waals surface area contributed by atoms with E-state index in [4.69, 9.17) is 5.10 Å². The van der Waals surface area contributed by atoms with Crippen molar-refractivity contribution >= 4 is 22.0 Å². The summed E-state index contributed by atoms with van der Waals surface area (Å²) in [5.74, 6) is -0.00884. The van der Waals surface area contributed by atoms with E-state index in [1.165, 1.54) is 4.31 Å². The number of nitrogens with zero attached hydrogens (tertiary/aromatic N) is 5. The summed E-state index contributed by atoms with van der Waals surface area (Å²) in [6, 6.07) is 13.5. The molecule has 1 fully saturated rings. The van der Waals surface area contributed by atoms with Crippen molar-refractivity contribution in [1.82, 2.24) is 24.0 Å². The topological polar surface area (TPSA) is 88.4 Å². The number of pyridine rings is 1. The lowest BCUT2D eigenvalue weighted by atomic mass is 10.1. The maximum absolute atomic E-state index is 12.9. The third-order valence-electron chi connectivity index (χ3n) is 6.20. The number of hydrogen-bond donors (Lipinski definition) is 0. The van der Waals surface area contributed by atoms with Crippen molar-refractivity contribution < 1.29 is 13.2 Å². The molecule has 9 heteroatoms. The molecule has 0 bridgehead atoms. The summed E-state index contributed by atoms with van der Waals surface area (Å²) in [7, 11) is -1.60. The number of carbonyl (C=O) groups excluding carboxylic acids is 1. The van der Waals surface area contributed by atoms with Gasteiger partial charge in [0.1, 0.15) is 5.69 Å². The van der Waals surface area contributed by atoms with Gasteiger partial charge in [0.15, 0.2) is 0 Å². The fraction of sp³-hybridized carbons (Fsp3) is 0.320. The van der Waals surface area contributed by atoms with Crippen LogP contribution < -0.4 is 0 Å². The van der Waals surface area contributed by atoms with Gasteiger partial charge in [0.05, 0.1) is 11.4 Å². The van der Waals surface area contributed by atoms with Crippen LogP contribution in [0.5, 0.6) is 0 Å². The average Bonchev–Trinajstić information content (AvgIpc) is 3.32. The summed E-state index contributed by atoms with van der Waals surface area (Å²) >= 11 is 0. The highest BCUT2D eigenvalue weighted by Crippen LogP contribution is 2.25. The Balaban J connectivity index is 1.50. The zero-order valence-corrected chi connectivity index (χ0v) is 20.2. The SMILES string of the molecule is CCS(=O)(=O)N(C)C1CCN(C(=O)/C=C/c2cn(-c3ccccc3)nc2-c2cccnc2)CC1. The zero-order valence-electron chi connectivity index (χ0n) is 19.4. The normalized spacial score (nSPS) is 15.3. The highest BCUT2D eigenvalue weighted by molar-refractivity contribution is 7.89. The number of piperidine rings is 1. The third kappa shape index (κ3) is 5.26. The van der Waals surface area contributed by atoms with Gasteiger partial charge in [0.2, 0.25) is 15.9 Å². The van der Waals surface area contributed by atoms with E-state index in [9.17, 15) is 13.2 Å². The monoisotopic (exact) mass is 479 g/mol. The van der Waals surface area contributed by atoms with Crippen molar-refractivity contribution in [3.63, 3.8) is 0 Å². The first-order valence-electron chi connectivity index (χ1n) is 11.4. The Bertz CT molecular complexity index is 1250. The molecule has 3 heterocycles. The molecule has 1 aliphatic rings. The highest BCUT2D eigenvalue weighted by atomic mass is 32.2. The number of para-hydroxylation sites is 1. The first kappa shape index (κ1) is 23.8. The predicted octanol–water partition coefficient (Wildman–Crippen LogP) is 3.22. The van der Waals surface area contributed by atoms with Gasteiger partial charge in [-0.25, -0.2) is 17.4 Å². The van der Waals surface area contributed by atoms with Crippen LogP contribution in [-0.4, -0.2) is 70.2 Å². The van der Waals surface area contributed by atoms with E-state index >= 15 is 0 Å². The Morgan fingerprint density at radius 2 is 1.88 bits per heavy atom. The van der Waals surface area contributed by atoms with Gasteiger partial charge in [-0.1, -0.05) is 18.2 Å². The number of rotatable bonds is 7. The summed E-state index contributed by atoms with van der Waals surface area (Å²) in [5.41, 5.74) is 3.34. The van der Waals surface area contributed by atoms with E-state index in [0.29, 0.717) is 25.9 Å². The molecule has 0 atom stereocenters. The molecule has 0 unspecified atom stereocenters. The second-order valence-corrected chi connectivity index (χ2v) is 10.6. The molecule has 178 valence electrons. The van der Waals surface area contributed by atoms with Crippen molar-refractivity contribution in [3.8, 4) is 16.9 Å². The first-order valence-corrected chi connectivity index (χ1v) is 13.0. The highest BCUT2D eigenvalue weighted by Gasteiger charge is 2.29. The van der Waals surface area contributed by atoms with Gasteiger partial charge >= 0.3 is 0 Å². The van der Waals surface area contributed by atoms with Crippen LogP contribution in [0, 0.1) is 0 Å². The van der Waals surface area contributed by atoms with Crippen LogP contribution in [0.4, 0.5) is 0 Å². The van der Waals surface area contributed by atoms with E-state index in [1.54, 1.807) is 48.1 Å². The Morgan fingerprint density at radius 3 is 2.53 bits per heavy atom. The molecular formula is C25H29N5O3S. The lowest BCUT2D eigenvalue weighted by Crippen LogP contribution is -2.47. The van der Waals surface area contributed by atoms with Crippen LogP contribution in [0.25, 0.3) is 23.0 Å². The second-order valence-electron chi connectivity index (χ2n) is 8.26.